The van der Waals surface area contributed by atoms with Crippen molar-refractivity contribution in [3.63, 3.8) is 0 Å². The Labute approximate surface area is 200 Å². The van der Waals surface area contributed by atoms with Crippen molar-refractivity contribution >= 4 is 39.1 Å². The predicted molar refractivity (Wildman–Crippen MR) is 123 cm³/mol. The molecule has 1 aliphatic heterocycles. The molecule has 0 aliphatic carbocycles. The van der Waals surface area contributed by atoms with Crippen LogP contribution in [-0.4, -0.2) is 21.9 Å². The molecule has 1 heterocycles. The van der Waals surface area contributed by atoms with E-state index >= 15 is 0 Å². The summed E-state index contributed by atoms with van der Waals surface area (Å²) in [6.45, 7) is 1.77. The largest absolute Gasteiger partial charge is 0.508 e. The van der Waals surface area contributed by atoms with Crippen LogP contribution in [0.3, 0.4) is 0 Å². The van der Waals surface area contributed by atoms with Crippen molar-refractivity contribution in [1.82, 2.24) is 0 Å². The van der Waals surface area contributed by atoms with Gasteiger partial charge in [0.15, 0.2) is 0 Å². The molecule has 1 aliphatic rings. The van der Waals surface area contributed by atoms with E-state index in [-0.39, 0.29) is 28.1 Å². The third-order valence-electron chi connectivity index (χ3n) is 5.51. The Morgan fingerprint density at radius 1 is 1.00 bits per heavy atom. The number of hydrogen-bond acceptors (Lipinski definition) is 4. The highest BCUT2D eigenvalue weighted by Gasteiger charge is 2.47. The van der Waals surface area contributed by atoms with Crippen LogP contribution in [0.1, 0.15) is 28.3 Å². The maximum Gasteiger partial charge on any atom is 0.416 e. The van der Waals surface area contributed by atoms with E-state index in [1.165, 1.54) is 30.3 Å². The van der Waals surface area contributed by atoms with E-state index in [0.29, 0.717) is 0 Å². The number of rotatable bonds is 3. The number of nitrogens with zero attached hydrogens (tertiary/aromatic N) is 1. The van der Waals surface area contributed by atoms with Crippen LogP contribution in [0, 0.1) is 6.92 Å². The monoisotopic (exact) mass is 531 g/mol. The van der Waals surface area contributed by atoms with Gasteiger partial charge in [-0.3, -0.25) is 14.5 Å². The SMILES string of the molecule is Cc1cc(/C(O)=C2\C(=O)C(=O)N(c3cccc(C(F)(F)F)c3)C2c2cccc(O)c2)ccc1Br. The van der Waals surface area contributed by atoms with Gasteiger partial charge in [-0.2, -0.15) is 13.2 Å². The Balaban J connectivity index is 1.97. The second-order valence-corrected chi connectivity index (χ2v) is 8.63. The summed E-state index contributed by atoms with van der Waals surface area (Å²) in [7, 11) is 0. The summed E-state index contributed by atoms with van der Waals surface area (Å²) >= 11 is 3.36. The highest BCUT2D eigenvalue weighted by Crippen LogP contribution is 2.44. The van der Waals surface area contributed by atoms with Gasteiger partial charge >= 0.3 is 6.18 Å². The van der Waals surface area contributed by atoms with E-state index in [9.17, 15) is 33.0 Å². The van der Waals surface area contributed by atoms with E-state index in [2.05, 4.69) is 15.9 Å². The number of alkyl halides is 3. The second kappa shape index (κ2) is 8.64. The Kier molecular flexibility index (Phi) is 5.99. The molecule has 0 radical (unpaired) electrons. The van der Waals surface area contributed by atoms with Gasteiger partial charge < -0.3 is 10.2 Å². The lowest BCUT2D eigenvalue weighted by molar-refractivity contribution is -0.137. The van der Waals surface area contributed by atoms with E-state index < -0.39 is 35.2 Å². The van der Waals surface area contributed by atoms with Crippen LogP contribution < -0.4 is 4.90 Å². The number of aliphatic hydroxyl groups excluding tert-OH is 1. The maximum absolute atomic E-state index is 13.3. The average Bonchev–Trinajstić information content (AvgIpc) is 3.05. The molecule has 3 aromatic carbocycles. The Bertz CT molecular complexity index is 1350. The van der Waals surface area contributed by atoms with Crippen LogP contribution in [-0.2, 0) is 15.8 Å². The molecular weight excluding hydrogens is 515 g/mol. The minimum absolute atomic E-state index is 0.170. The first-order valence-electron chi connectivity index (χ1n) is 10.0. The lowest BCUT2D eigenvalue weighted by Gasteiger charge is -2.26. The predicted octanol–water partition coefficient (Wildman–Crippen LogP) is 6.11. The summed E-state index contributed by atoms with van der Waals surface area (Å²) in [5.41, 5.74) is -0.207. The van der Waals surface area contributed by atoms with Gasteiger partial charge in [-0.05, 0) is 60.5 Å². The standard InChI is InChI=1S/C25H17BrF3NO4/c1-13-10-15(8-9-19(13)26)22(32)20-21(14-4-2-7-18(31)11-14)30(24(34)23(20)33)17-6-3-5-16(12-17)25(27,28)29/h2-12,21,31-32H,1H3/b22-20+. The van der Waals surface area contributed by atoms with Crippen LogP contribution in [0.15, 0.2) is 76.8 Å². The number of phenolic OH excluding ortho intramolecular Hbond substituents is 1. The highest BCUT2D eigenvalue weighted by atomic mass is 79.9. The fourth-order valence-corrected chi connectivity index (χ4v) is 4.14. The summed E-state index contributed by atoms with van der Waals surface area (Å²) in [6.07, 6.45) is -4.67. The summed E-state index contributed by atoms with van der Waals surface area (Å²) in [6, 6.07) is 13.2. The number of carbonyl (C=O) groups excluding carboxylic acids is 2. The Morgan fingerprint density at radius 2 is 1.71 bits per heavy atom. The summed E-state index contributed by atoms with van der Waals surface area (Å²) in [4.78, 5) is 27.1. The number of halogens is 4. The fourth-order valence-electron chi connectivity index (χ4n) is 3.89. The zero-order valence-corrected chi connectivity index (χ0v) is 19.2. The Morgan fingerprint density at radius 3 is 2.35 bits per heavy atom. The van der Waals surface area contributed by atoms with E-state index in [1.807, 2.05) is 0 Å². The van der Waals surface area contributed by atoms with Gasteiger partial charge in [-0.15, -0.1) is 0 Å². The zero-order valence-electron chi connectivity index (χ0n) is 17.6. The van der Waals surface area contributed by atoms with Gasteiger partial charge in [0.05, 0.1) is 17.2 Å². The van der Waals surface area contributed by atoms with Gasteiger partial charge in [0.25, 0.3) is 11.7 Å². The smallest absolute Gasteiger partial charge is 0.416 e. The number of hydrogen-bond donors (Lipinski definition) is 2. The van der Waals surface area contributed by atoms with Gasteiger partial charge in [0, 0.05) is 15.7 Å². The van der Waals surface area contributed by atoms with E-state index in [4.69, 9.17) is 0 Å². The number of Topliss-reactive ketones (excluding diaryl/α,β-unsaturated/α-hetero) is 1. The van der Waals surface area contributed by atoms with Crippen molar-refractivity contribution in [2.75, 3.05) is 4.90 Å². The molecule has 0 bridgehead atoms. The van der Waals surface area contributed by atoms with Crippen LogP contribution in [0.5, 0.6) is 5.75 Å². The quantitative estimate of drug-likeness (QED) is 0.243. The Hall–Kier alpha value is -3.59. The third-order valence-corrected chi connectivity index (χ3v) is 6.40. The lowest BCUT2D eigenvalue weighted by Crippen LogP contribution is -2.29. The number of carbonyl (C=O) groups is 2. The van der Waals surface area contributed by atoms with Crippen molar-refractivity contribution < 1.29 is 33.0 Å². The van der Waals surface area contributed by atoms with Crippen molar-refractivity contribution in [2.24, 2.45) is 0 Å². The first-order valence-corrected chi connectivity index (χ1v) is 10.8. The first kappa shape index (κ1) is 23.6. The number of aromatic hydroxyl groups is 1. The number of benzene rings is 3. The van der Waals surface area contributed by atoms with Gasteiger partial charge in [-0.25, -0.2) is 0 Å². The molecule has 34 heavy (non-hydrogen) atoms. The topological polar surface area (TPSA) is 77.8 Å². The average molecular weight is 532 g/mol. The minimum atomic E-state index is -4.67. The second-order valence-electron chi connectivity index (χ2n) is 7.78. The van der Waals surface area contributed by atoms with Crippen molar-refractivity contribution in [3.8, 4) is 5.75 Å². The van der Waals surface area contributed by atoms with Crippen molar-refractivity contribution in [3.05, 3.63) is 99.0 Å². The lowest BCUT2D eigenvalue weighted by atomic mass is 9.94. The van der Waals surface area contributed by atoms with Crippen LogP contribution >= 0.6 is 15.9 Å². The molecule has 3 aromatic rings. The zero-order chi connectivity index (χ0) is 24.8. The van der Waals surface area contributed by atoms with Crippen molar-refractivity contribution in [2.45, 2.75) is 19.1 Å². The normalized spacial score (nSPS) is 17.9. The number of ketones is 1. The van der Waals surface area contributed by atoms with Gasteiger partial charge in [0.1, 0.15) is 11.5 Å². The molecule has 1 atom stereocenters. The summed E-state index contributed by atoms with van der Waals surface area (Å²) in [5, 5.41) is 21.1. The number of aryl methyl sites for hydroxylation is 1. The highest BCUT2D eigenvalue weighted by molar-refractivity contribution is 9.10. The van der Waals surface area contributed by atoms with Gasteiger partial charge in [0.2, 0.25) is 0 Å². The molecule has 0 saturated carbocycles. The number of aliphatic hydroxyl groups is 1. The molecule has 5 nitrogen and oxygen atoms in total. The molecular formula is C25H17BrF3NO4. The molecule has 0 aromatic heterocycles. The van der Waals surface area contributed by atoms with Crippen LogP contribution in [0.2, 0.25) is 0 Å². The fraction of sp³-hybridized carbons (Fsp3) is 0.120. The van der Waals surface area contributed by atoms with Crippen LogP contribution in [0.4, 0.5) is 18.9 Å². The molecule has 1 unspecified atom stereocenters. The molecule has 9 heteroatoms. The van der Waals surface area contributed by atoms with Gasteiger partial charge in [-0.1, -0.05) is 40.2 Å². The molecule has 2 N–H and O–H groups in total. The van der Waals surface area contributed by atoms with Crippen LogP contribution in [0.25, 0.3) is 5.76 Å². The molecule has 0 spiro atoms. The summed E-state index contributed by atoms with van der Waals surface area (Å²) in [5.74, 6) is -2.80. The maximum atomic E-state index is 13.3. The molecule has 1 saturated heterocycles. The summed E-state index contributed by atoms with van der Waals surface area (Å²) < 4.78 is 40.8. The number of amides is 1. The molecule has 1 amide bonds. The molecule has 4 rings (SSSR count). The van der Waals surface area contributed by atoms with E-state index in [1.54, 1.807) is 25.1 Å². The molecule has 174 valence electrons. The number of anilines is 1. The van der Waals surface area contributed by atoms with Crippen molar-refractivity contribution in [1.29, 1.82) is 0 Å². The minimum Gasteiger partial charge on any atom is -0.508 e. The first-order chi connectivity index (χ1) is 16.0. The van der Waals surface area contributed by atoms with E-state index in [0.717, 1.165) is 33.1 Å². The third kappa shape index (κ3) is 4.19. The molecule has 1 fully saturated rings. The number of phenols is 1.